The summed E-state index contributed by atoms with van der Waals surface area (Å²) in [5.41, 5.74) is 5.78. The number of ether oxygens (including phenoxy) is 3. The minimum atomic E-state index is -0.566. The standard InChI is InChI=1S/C18H19N3O5/c19-17(23)13-5-10-1-2-20-18-12(10)7-15(13)25-4-3-24-8-11-6-16(22)21-14(11)9-26-18/h1-2,5,7,11,14H,3-4,6,8-9H2,(H2,19,23)(H,21,22). The van der Waals surface area contributed by atoms with Crippen LogP contribution in [0.3, 0.4) is 0 Å². The van der Waals surface area contributed by atoms with Crippen molar-refractivity contribution in [2.45, 2.75) is 12.5 Å². The molecule has 2 bridgehead atoms. The summed E-state index contributed by atoms with van der Waals surface area (Å²) in [6, 6.07) is 5.02. The van der Waals surface area contributed by atoms with Crippen LogP contribution in [0.5, 0.6) is 11.6 Å². The van der Waals surface area contributed by atoms with E-state index in [1.807, 2.05) is 0 Å². The van der Waals surface area contributed by atoms with Gasteiger partial charge in [-0.1, -0.05) is 0 Å². The molecule has 26 heavy (non-hydrogen) atoms. The number of nitrogens with two attached hydrogens (primary N) is 1. The fraction of sp³-hybridized carbons (Fsp3) is 0.389. The molecular weight excluding hydrogens is 338 g/mol. The first-order chi connectivity index (χ1) is 12.6. The molecule has 0 saturated carbocycles. The number of nitrogens with zero attached hydrogens (tertiary/aromatic N) is 1. The Morgan fingerprint density at radius 1 is 1.23 bits per heavy atom. The molecule has 1 aromatic heterocycles. The Hall–Kier alpha value is -2.87. The normalized spacial score (nSPS) is 23.0. The van der Waals surface area contributed by atoms with E-state index in [4.69, 9.17) is 19.9 Å². The predicted molar refractivity (Wildman–Crippen MR) is 92.1 cm³/mol. The van der Waals surface area contributed by atoms with Crippen molar-refractivity contribution in [3.05, 3.63) is 30.0 Å². The zero-order valence-electron chi connectivity index (χ0n) is 14.1. The van der Waals surface area contributed by atoms with E-state index in [1.165, 1.54) is 0 Å². The summed E-state index contributed by atoms with van der Waals surface area (Å²) >= 11 is 0. The number of nitrogens with one attached hydrogen (secondary N) is 1. The summed E-state index contributed by atoms with van der Waals surface area (Å²) in [5.74, 6) is 0.257. The average molecular weight is 357 g/mol. The van der Waals surface area contributed by atoms with Gasteiger partial charge in [-0.2, -0.15) is 0 Å². The molecule has 1 saturated heterocycles. The summed E-state index contributed by atoms with van der Waals surface area (Å²) in [6.07, 6.45) is 2.01. The van der Waals surface area contributed by atoms with E-state index in [2.05, 4.69) is 10.3 Å². The van der Waals surface area contributed by atoms with Crippen LogP contribution < -0.4 is 20.5 Å². The van der Waals surface area contributed by atoms with Crippen LogP contribution in [-0.2, 0) is 9.53 Å². The highest BCUT2D eigenvalue weighted by Gasteiger charge is 2.33. The smallest absolute Gasteiger partial charge is 0.252 e. The molecule has 1 fully saturated rings. The highest BCUT2D eigenvalue weighted by atomic mass is 16.5. The Morgan fingerprint density at radius 3 is 2.96 bits per heavy atom. The lowest BCUT2D eigenvalue weighted by molar-refractivity contribution is -0.119. The van der Waals surface area contributed by atoms with Crippen LogP contribution in [0.4, 0.5) is 0 Å². The van der Waals surface area contributed by atoms with Gasteiger partial charge in [0.05, 0.1) is 24.8 Å². The molecule has 1 aromatic carbocycles. The fourth-order valence-electron chi connectivity index (χ4n) is 3.33. The van der Waals surface area contributed by atoms with Crippen molar-refractivity contribution in [3.63, 3.8) is 0 Å². The Labute approximate surface area is 149 Å². The first kappa shape index (κ1) is 16.6. The largest absolute Gasteiger partial charge is 0.490 e. The quantitative estimate of drug-likeness (QED) is 0.774. The number of fused-ring (bicyclic) bond motifs is 2. The van der Waals surface area contributed by atoms with Gasteiger partial charge in [-0.05, 0) is 23.6 Å². The van der Waals surface area contributed by atoms with Crippen LogP contribution in [0.15, 0.2) is 24.4 Å². The molecule has 0 aliphatic carbocycles. The van der Waals surface area contributed by atoms with E-state index in [1.54, 1.807) is 24.4 Å². The predicted octanol–water partition coefficient (Wildman–Crippen LogP) is 0.626. The molecule has 8 nitrogen and oxygen atoms in total. The first-order valence-corrected chi connectivity index (χ1v) is 8.47. The summed E-state index contributed by atoms with van der Waals surface area (Å²) in [7, 11) is 0. The third-order valence-corrected chi connectivity index (χ3v) is 4.67. The summed E-state index contributed by atoms with van der Waals surface area (Å²) in [4.78, 5) is 27.8. The number of aromatic nitrogens is 1. The maximum absolute atomic E-state index is 11.8. The number of rotatable bonds is 1. The molecule has 0 radical (unpaired) electrons. The van der Waals surface area contributed by atoms with E-state index in [-0.39, 0.29) is 24.5 Å². The lowest BCUT2D eigenvalue weighted by Gasteiger charge is -2.19. The molecule has 8 heteroatoms. The van der Waals surface area contributed by atoms with E-state index >= 15 is 0 Å². The molecule has 136 valence electrons. The van der Waals surface area contributed by atoms with E-state index in [0.717, 1.165) is 5.39 Å². The molecule has 2 aromatic rings. The second-order valence-electron chi connectivity index (χ2n) is 6.42. The SMILES string of the molecule is NC(=O)c1cc2ccnc3c2cc1OCCOCC1CC(=O)NC1CO3. The number of amides is 2. The number of pyridine rings is 1. The number of primary amides is 1. The third kappa shape index (κ3) is 3.15. The maximum Gasteiger partial charge on any atom is 0.252 e. The van der Waals surface area contributed by atoms with Crippen molar-refractivity contribution in [1.82, 2.24) is 10.3 Å². The minimum Gasteiger partial charge on any atom is -0.490 e. The van der Waals surface area contributed by atoms with Crippen LogP contribution in [0.2, 0.25) is 0 Å². The van der Waals surface area contributed by atoms with E-state index in [9.17, 15) is 9.59 Å². The van der Waals surface area contributed by atoms with Gasteiger partial charge in [0.25, 0.3) is 5.91 Å². The topological polar surface area (TPSA) is 113 Å². The number of carbonyl (C=O) groups is 2. The Morgan fingerprint density at radius 2 is 2.12 bits per heavy atom. The van der Waals surface area contributed by atoms with Crippen molar-refractivity contribution in [2.24, 2.45) is 11.7 Å². The highest BCUT2D eigenvalue weighted by molar-refractivity contribution is 6.01. The molecule has 3 N–H and O–H groups in total. The van der Waals surface area contributed by atoms with Crippen molar-refractivity contribution < 1.29 is 23.8 Å². The van der Waals surface area contributed by atoms with Gasteiger partial charge in [0.15, 0.2) is 0 Å². The highest BCUT2D eigenvalue weighted by Crippen LogP contribution is 2.31. The Balaban J connectivity index is 1.73. The molecule has 4 rings (SSSR count). The van der Waals surface area contributed by atoms with Crippen molar-refractivity contribution in [1.29, 1.82) is 0 Å². The second-order valence-corrected chi connectivity index (χ2v) is 6.42. The summed E-state index contributed by atoms with van der Waals surface area (Å²) in [6.45, 7) is 1.32. The monoisotopic (exact) mass is 357 g/mol. The van der Waals surface area contributed by atoms with Gasteiger partial charge >= 0.3 is 0 Å². The number of benzene rings is 1. The van der Waals surface area contributed by atoms with Crippen molar-refractivity contribution >= 4 is 22.6 Å². The molecule has 0 spiro atoms. The zero-order valence-corrected chi connectivity index (χ0v) is 14.1. The Bertz CT molecular complexity index is 869. The first-order valence-electron chi connectivity index (χ1n) is 8.47. The van der Waals surface area contributed by atoms with Gasteiger partial charge in [-0.3, -0.25) is 9.59 Å². The van der Waals surface area contributed by atoms with Gasteiger partial charge in [0.1, 0.15) is 19.0 Å². The van der Waals surface area contributed by atoms with Gasteiger partial charge in [-0.15, -0.1) is 0 Å². The summed E-state index contributed by atoms with van der Waals surface area (Å²) in [5, 5.41) is 4.41. The molecule has 2 unspecified atom stereocenters. The van der Waals surface area contributed by atoms with Gasteiger partial charge in [0.2, 0.25) is 11.8 Å². The van der Waals surface area contributed by atoms with Crippen LogP contribution in [0.1, 0.15) is 16.8 Å². The van der Waals surface area contributed by atoms with Crippen LogP contribution >= 0.6 is 0 Å². The fourth-order valence-corrected chi connectivity index (χ4v) is 3.33. The molecule has 2 amide bonds. The molecule has 3 heterocycles. The van der Waals surface area contributed by atoms with Crippen LogP contribution in [0, 0.1) is 5.92 Å². The van der Waals surface area contributed by atoms with Crippen LogP contribution in [0.25, 0.3) is 10.8 Å². The van der Waals surface area contributed by atoms with E-state index < -0.39 is 5.91 Å². The van der Waals surface area contributed by atoms with E-state index in [0.29, 0.717) is 48.8 Å². The van der Waals surface area contributed by atoms with Gasteiger partial charge in [-0.25, -0.2) is 4.98 Å². The third-order valence-electron chi connectivity index (χ3n) is 4.67. The van der Waals surface area contributed by atoms with Gasteiger partial charge < -0.3 is 25.3 Å². The maximum atomic E-state index is 11.8. The van der Waals surface area contributed by atoms with Crippen molar-refractivity contribution in [3.8, 4) is 11.6 Å². The summed E-state index contributed by atoms with van der Waals surface area (Å²) < 4.78 is 17.2. The number of hydrogen-bond donors (Lipinski definition) is 2. The Kier molecular flexibility index (Phi) is 4.34. The lowest BCUT2D eigenvalue weighted by Crippen LogP contribution is -2.36. The molecule has 2 aliphatic rings. The van der Waals surface area contributed by atoms with Crippen molar-refractivity contribution in [2.75, 3.05) is 26.4 Å². The zero-order chi connectivity index (χ0) is 18.1. The number of hydrogen-bond acceptors (Lipinski definition) is 6. The molecule has 2 atom stereocenters. The minimum absolute atomic E-state index is 0.00481. The molecule has 2 aliphatic heterocycles. The average Bonchev–Trinajstić information content (AvgIpc) is 2.98. The molecular formula is C18H19N3O5. The van der Waals surface area contributed by atoms with Gasteiger partial charge in [0, 0.05) is 23.9 Å². The second kappa shape index (κ2) is 6.80. The van der Waals surface area contributed by atoms with Crippen LogP contribution in [-0.4, -0.2) is 49.3 Å². The lowest BCUT2D eigenvalue weighted by atomic mass is 10.0. The number of carbonyl (C=O) groups excluding carboxylic acids is 2.